The van der Waals surface area contributed by atoms with E-state index in [-0.39, 0.29) is 0 Å². The number of hydrogen-bond acceptors (Lipinski definition) is 5. The number of ether oxygens (including phenoxy) is 1. The summed E-state index contributed by atoms with van der Waals surface area (Å²) in [6.07, 6.45) is 0. The first-order chi connectivity index (χ1) is 25.7. The van der Waals surface area contributed by atoms with Crippen LogP contribution in [0.1, 0.15) is 27.8 Å². The highest BCUT2D eigenvalue weighted by molar-refractivity contribution is 5.81. The van der Waals surface area contributed by atoms with E-state index in [1.807, 2.05) is 48.5 Å². The third-order valence-corrected chi connectivity index (χ3v) is 9.72. The van der Waals surface area contributed by atoms with Gasteiger partial charge in [-0.2, -0.15) is 5.26 Å². The summed E-state index contributed by atoms with van der Waals surface area (Å²) in [5.41, 5.74) is 9.14. The van der Waals surface area contributed by atoms with Crippen molar-refractivity contribution in [3.05, 3.63) is 210 Å². The first kappa shape index (κ1) is 30.9. The van der Waals surface area contributed by atoms with E-state index in [0.29, 0.717) is 23.0 Å². The van der Waals surface area contributed by atoms with Crippen molar-refractivity contribution in [3.8, 4) is 62.9 Å². The van der Waals surface area contributed by atoms with Gasteiger partial charge in [0.05, 0.1) is 17.0 Å². The molecule has 8 aromatic rings. The molecule has 0 spiro atoms. The van der Waals surface area contributed by atoms with Crippen LogP contribution in [0.2, 0.25) is 0 Å². The van der Waals surface area contributed by atoms with Crippen LogP contribution < -0.4 is 4.74 Å². The molecule has 244 valence electrons. The Balaban J connectivity index is 1.21. The molecule has 5 heteroatoms. The summed E-state index contributed by atoms with van der Waals surface area (Å²) in [7, 11) is 0. The van der Waals surface area contributed by atoms with Crippen LogP contribution in [0.3, 0.4) is 0 Å². The Morgan fingerprint density at radius 1 is 0.423 bits per heavy atom. The molecule has 0 aliphatic carbocycles. The summed E-state index contributed by atoms with van der Waals surface area (Å²) in [5, 5.41) is 9.34. The van der Waals surface area contributed by atoms with Crippen LogP contribution in [-0.4, -0.2) is 15.0 Å². The quantitative estimate of drug-likeness (QED) is 0.177. The SMILES string of the molecule is N#Cc1ccc(-c2nc(-c3ccccc3)nc(-c3ccc(-c4cccc5c4C(c4ccccc4)(c4ccccc4)c4ccccc4O5)cc3)n2)cc1. The molecule has 0 saturated heterocycles. The third kappa shape index (κ3) is 5.22. The van der Waals surface area contributed by atoms with Crippen LogP contribution in [0.25, 0.3) is 45.3 Å². The highest BCUT2D eigenvalue weighted by atomic mass is 16.5. The zero-order valence-electron chi connectivity index (χ0n) is 28.0. The van der Waals surface area contributed by atoms with Crippen LogP contribution in [0, 0.1) is 11.3 Å². The van der Waals surface area contributed by atoms with E-state index in [1.54, 1.807) is 12.1 Å². The second kappa shape index (κ2) is 12.9. The molecule has 1 aromatic heterocycles. The fraction of sp³-hybridized carbons (Fsp3) is 0.0213. The van der Waals surface area contributed by atoms with E-state index >= 15 is 0 Å². The van der Waals surface area contributed by atoms with Crippen molar-refractivity contribution in [2.75, 3.05) is 0 Å². The molecule has 0 radical (unpaired) electrons. The summed E-state index contributed by atoms with van der Waals surface area (Å²) in [6.45, 7) is 0. The van der Waals surface area contributed by atoms with Crippen molar-refractivity contribution in [3.63, 3.8) is 0 Å². The Bertz CT molecular complexity index is 2540. The van der Waals surface area contributed by atoms with Crippen molar-refractivity contribution in [1.82, 2.24) is 15.0 Å². The van der Waals surface area contributed by atoms with Crippen molar-refractivity contribution in [2.45, 2.75) is 5.41 Å². The summed E-state index contributed by atoms with van der Waals surface area (Å²) >= 11 is 0. The lowest BCUT2D eigenvalue weighted by Gasteiger charge is -2.42. The van der Waals surface area contributed by atoms with Crippen molar-refractivity contribution in [2.24, 2.45) is 0 Å². The normalized spacial score (nSPS) is 12.5. The van der Waals surface area contributed by atoms with Gasteiger partial charge in [0.2, 0.25) is 0 Å². The van der Waals surface area contributed by atoms with E-state index in [2.05, 4.69) is 127 Å². The molecule has 0 saturated carbocycles. The van der Waals surface area contributed by atoms with Crippen LogP contribution in [-0.2, 0) is 5.41 Å². The van der Waals surface area contributed by atoms with Gasteiger partial charge in [-0.05, 0) is 58.7 Å². The molecule has 7 aromatic carbocycles. The number of nitrogens with zero attached hydrogens (tertiary/aromatic N) is 4. The van der Waals surface area contributed by atoms with Crippen molar-refractivity contribution >= 4 is 0 Å². The molecule has 52 heavy (non-hydrogen) atoms. The first-order valence-electron chi connectivity index (χ1n) is 17.2. The lowest BCUT2D eigenvalue weighted by atomic mass is 9.62. The number of hydrogen-bond donors (Lipinski definition) is 0. The molecule has 0 N–H and O–H groups in total. The van der Waals surface area contributed by atoms with Crippen molar-refractivity contribution in [1.29, 1.82) is 5.26 Å². The highest BCUT2D eigenvalue weighted by Gasteiger charge is 2.46. The number of aromatic nitrogens is 3. The van der Waals surface area contributed by atoms with Gasteiger partial charge < -0.3 is 4.74 Å². The van der Waals surface area contributed by atoms with Gasteiger partial charge in [-0.25, -0.2) is 15.0 Å². The molecule has 1 aliphatic heterocycles. The average molecular weight is 667 g/mol. The van der Waals surface area contributed by atoms with Gasteiger partial charge in [0.15, 0.2) is 17.5 Å². The van der Waals surface area contributed by atoms with Crippen LogP contribution in [0.4, 0.5) is 0 Å². The number of rotatable bonds is 6. The molecule has 0 amide bonds. The van der Waals surface area contributed by atoms with E-state index in [1.165, 1.54) is 0 Å². The van der Waals surface area contributed by atoms with Crippen LogP contribution in [0.5, 0.6) is 11.5 Å². The minimum Gasteiger partial charge on any atom is -0.457 e. The molecule has 0 bridgehead atoms. The summed E-state index contributed by atoms with van der Waals surface area (Å²) in [5.74, 6) is 3.36. The first-order valence-corrected chi connectivity index (χ1v) is 17.2. The maximum atomic E-state index is 9.34. The summed E-state index contributed by atoms with van der Waals surface area (Å²) < 4.78 is 6.71. The van der Waals surface area contributed by atoms with Gasteiger partial charge >= 0.3 is 0 Å². The Morgan fingerprint density at radius 3 is 1.46 bits per heavy atom. The zero-order chi connectivity index (χ0) is 34.9. The molecule has 0 atom stereocenters. The van der Waals surface area contributed by atoms with Gasteiger partial charge in [0.25, 0.3) is 0 Å². The lowest BCUT2D eigenvalue weighted by Crippen LogP contribution is -2.34. The Hall–Kier alpha value is -7.16. The monoisotopic (exact) mass is 666 g/mol. The maximum Gasteiger partial charge on any atom is 0.164 e. The molecule has 5 nitrogen and oxygen atoms in total. The van der Waals surface area contributed by atoms with Gasteiger partial charge in [0, 0.05) is 27.8 Å². The molecular weight excluding hydrogens is 637 g/mol. The van der Waals surface area contributed by atoms with Crippen molar-refractivity contribution < 1.29 is 4.74 Å². The molecule has 9 rings (SSSR count). The van der Waals surface area contributed by atoms with Crippen LogP contribution >= 0.6 is 0 Å². The zero-order valence-corrected chi connectivity index (χ0v) is 28.0. The lowest BCUT2D eigenvalue weighted by molar-refractivity contribution is 0.435. The number of benzene rings is 7. The Morgan fingerprint density at radius 2 is 0.885 bits per heavy atom. The average Bonchev–Trinajstić information content (AvgIpc) is 3.23. The van der Waals surface area contributed by atoms with Gasteiger partial charge in [-0.1, -0.05) is 146 Å². The fourth-order valence-corrected chi connectivity index (χ4v) is 7.35. The van der Waals surface area contributed by atoms with Crippen LogP contribution in [0.15, 0.2) is 182 Å². The summed E-state index contributed by atoms with van der Waals surface area (Å²) in [6, 6.07) is 64.0. The summed E-state index contributed by atoms with van der Waals surface area (Å²) in [4.78, 5) is 14.7. The number of fused-ring (bicyclic) bond motifs is 2. The molecular formula is C47H30N4O. The predicted molar refractivity (Wildman–Crippen MR) is 205 cm³/mol. The molecule has 2 heterocycles. The van der Waals surface area contributed by atoms with Gasteiger partial charge in [-0.15, -0.1) is 0 Å². The van der Waals surface area contributed by atoms with E-state index in [9.17, 15) is 5.26 Å². The largest absolute Gasteiger partial charge is 0.457 e. The van der Waals surface area contributed by atoms with E-state index < -0.39 is 5.41 Å². The second-order valence-corrected chi connectivity index (χ2v) is 12.7. The van der Waals surface area contributed by atoms with E-state index in [0.717, 1.165) is 61.6 Å². The Kier molecular flexibility index (Phi) is 7.68. The molecule has 0 unspecified atom stereocenters. The number of para-hydroxylation sites is 1. The van der Waals surface area contributed by atoms with Gasteiger partial charge in [-0.3, -0.25) is 0 Å². The topological polar surface area (TPSA) is 71.7 Å². The predicted octanol–water partition coefficient (Wildman–Crippen LogP) is 10.9. The fourth-order valence-electron chi connectivity index (χ4n) is 7.35. The molecule has 1 aliphatic rings. The van der Waals surface area contributed by atoms with Gasteiger partial charge in [0.1, 0.15) is 11.5 Å². The highest BCUT2D eigenvalue weighted by Crippen LogP contribution is 2.57. The second-order valence-electron chi connectivity index (χ2n) is 12.7. The molecule has 0 fully saturated rings. The van der Waals surface area contributed by atoms with E-state index in [4.69, 9.17) is 19.7 Å². The maximum absolute atomic E-state index is 9.34. The smallest absolute Gasteiger partial charge is 0.164 e. The Labute approximate surface area is 302 Å². The third-order valence-electron chi connectivity index (χ3n) is 9.72. The minimum absolute atomic E-state index is 0.542. The standard InChI is InChI=1S/C47H30N4O/c48-31-32-23-25-35(26-24-32)45-49-44(34-13-4-1-5-14-34)50-46(51-45)36-29-27-33(28-30-36)39-19-12-22-42-43(39)47(37-15-6-2-7-16-37,38-17-8-3-9-18-38)40-20-10-11-21-41(40)52-42/h1-30H. The number of nitriles is 1. The minimum atomic E-state index is -0.642.